The van der Waals surface area contributed by atoms with Crippen LogP contribution in [0.2, 0.25) is 0 Å². The summed E-state index contributed by atoms with van der Waals surface area (Å²) in [6, 6.07) is 7.76. The fourth-order valence-electron chi connectivity index (χ4n) is 2.26. The van der Waals surface area contributed by atoms with Crippen molar-refractivity contribution in [3.63, 3.8) is 0 Å². The van der Waals surface area contributed by atoms with Gasteiger partial charge < -0.3 is 4.74 Å². The van der Waals surface area contributed by atoms with Gasteiger partial charge in [-0.3, -0.25) is 14.5 Å². The van der Waals surface area contributed by atoms with Crippen molar-refractivity contribution in [2.75, 3.05) is 11.4 Å². The van der Waals surface area contributed by atoms with E-state index in [1.165, 1.54) is 12.1 Å². The Kier molecular flexibility index (Phi) is 5.69. The molecule has 2 aromatic rings. The van der Waals surface area contributed by atoms with E-state index in [9.17, 15) is 22.8 Å². The molecule has 0 aromatic heterocycles. The summed E-state index contributed by atoms with van der Waals surface area (Å²) in [4.78, 5) is 25.6. The Morgan fingerprint density at radius 1 is 1.00 bits per heavy atom. The van der Waals surface area contributed by atoms with Gasteiger partial charge in [-0.15, -0.1) is 0 Å². The van der Waals surface area contributed by atoms with Crippen LogP contribution in [0.5, 0.6) is 0 Å². The maximum absolute atomic E-state index is 14.0. The molecule has 0 spiro atoms. The number of carbonyl (C=O) groups is 2. The second-order valence-electron chi connectivity index (χ2n) is 6.55. The SMILES string of the molecule is CC(C)(C)OC(=O)CN(C(=O)c1c(F)cccc1F)c1cccc(F)c1. The molecule has 2 aromatic carbocycles. The van der Waals surface area contributed by atoms with Crippen LogP contribution in [-0.4, -0.2) is 24.0 Å². The average Bonchev–Trinajstić information content (AvgIpc) is 2.50. The maximum Gasteiger partial charge on any atom is 0.326 e. The number of esters is 1. The van der Waals surface area contributed by atoms with Crippen molar-refractivity contribution < 1.29 is 27.5 Å². The molecule has 0 unspecified atom stereocenters. The number of nitrogens with zero attached hydrogens (tertiary/aromatic N) is 1. The van der Waals surface area contributed by atoms with Crippen LogP contribution in [0.3, 0.4) is 0 Å². The molecule has 0 heterocycles. The van der Waals surface area contributed by atoms with E-state index in [1.807, 2.05) is 0 Å². The van der Waals surface area contributed by atoms with Crippen LogP contribution >= 0.6 is 0 Å². The molecule has 0 N–H and O–H groups in total. The van der Waals surface area contributed by atoms with Gasteiger partial charge in [0.1, 0.15) is 35.2 Å². The van der Waals surface area contributed by atoms with Crippen molar-refractivity contribution in [2.24, 2.45) is 0 Å². The predicted molar refractivity (Wildman–Crippen MR) is 90.3 cm³/mol. The van der Waals surface area contributed by atoms with Gasteiger partial charge in [-0.2, -0.15) is 0 Å². The van der Waals surface area contributed by atoms with Crippen LogP contribution in [0.4, 0.5) is 18.9 Å². The minimum absolute atomic E-state index is 0.0245. The zero-order chi connectivity index (χ0) is 19.5. The van der Waals surface area contributed by atoms with Crippen LogP contribution in [0.15, 0.2) is 42.5 Å². The summed E-state index contributed by atoms with van der Waals surface area (Å²) in [6.07, 6.45) is 0. The lowest BCUT2D eigenvalue weighted by molar-refractivity contribution is -0.152. The Labute approximate surface area is 149 Å². The van der Waals surface area contributed by atoms with Crippen LogP contribution in [0.1, 0.15) is 31.1 Å². The van der Waals surface area contributed by atoms with Crippen molar-refractivity contribution in [1.82, 2.24) is 0 Å². The lowest BCUT2D eigenvalue weighted by Crippen LogP contribution is -2.39. The molecule has 0 saturated carbocycles. The smallest absolute Gasteiger partial charge is 0.326 e. The number of halogens is 3. The highest BCUT2D eigenvalue weighted by molar-refractivity contribution is 6.08. The van der Waals surface area contributed by atoms with Crippen LogP contribution in [-0.2, 0) is 9.53 Å². The molecule has 0 radical (unpaired) electrons. The summed E-state index contributed by atoms with van der Waals surface area (Å²) < 4.78 is 46.7. The monoisotopic (exact) mass is 365 g/mol. The molecule has 0 saturated heterocycles. The summed E-state index contributed by atoms with van der Waals surface area (Å²) in [5.74, 6) is -4.75. The minimum atomic E-state index is -1.11. The molecule has 138 valence electrons. The van der Waals surface area contributed by atoms with E-state index in [1.54, 1.807) is 20.8 Å². The summed E-state index contributed by atoms with van der Waals surface area (Å²) in [5, 5.41) is 0. The number of benzene rings is 2. The largest absolute Gasteiger partial charge is 0.459 e. The normalized spacial score (nSPS) is 11.2. The van der Waals surface area contributed by atoms with Gasteiger partial charge in [0, 0.05) is 5.69 Å². The van der Waals surface area contributed by atoms with E-state index in [2.05, 4.69) is 0 Å². The number of amides is 1. The molecule has 7 heteroatoms. The first-order valence-electron chi connectivity index (χ1n) is 7.82. The molecule has 0 fully saturated rings. The highest BCUT2D eigenvalue weighted by Crippen LogP contribution is 2.22. The molecule has 4 nitrogen and oxygen atoms in total. The summed E-state index contributed by atoms with van der Waals surface area (Å²) in [6.45, 7) is 4.27. The van der Waals surface area contributed by atoms with Crippen molar-refractivity contribution >= 4 is 17.6 Å². The quantitative estimate of drug-likeness (QED) is 0.767. The van der Waals surface area contributed by atoms with E-state index in [0.29, 0.717) is 0 Å². The van der Waals surface area contributed by atoms with E-state index in [0.717, 1.165) is 35.2 Å². The van der Waals surface area contributed by atoms with Crippen molar-refractivity contribution in [3.05, 3.63) is 65.5 Å². The Morgan fingerprint density at radius 2 is 1.58 bits per heavy atom. The van der Waals surface area contributed by atoms with Crippen molar-refractivity contribution in [3.8, 4) is 0 Å². The van der Waals surface area contributed by atoms with Gasteiger partial charge in [0.05, 0.1) is 0 Å². The number of anilines is 1. The van der Waals surface area contributed by atoms with Gasteiger partial charge in [0.2, 0.25) is 0 Å². The lowest BCUT2D eigenvalue weighted by atomic mass is 10.1. The van der Waals surface area contributed by atoms with Gasteiger partial charge in [0.25, 0.3) is 5.91 Å². The Morgan fingerprint density at radius 3 is 2.12 bits per heavy atom. The first-order chi connectivity index (χ1) is 12.1. The number of carbonyl (C=O) groups excluding carboxylic acids is 2. The molecule has 0 aliphatic rings. The first kappa shape index (κ1) is 19.5. The van der Waals surface area contributed by atoms with Crippen LogP contribution < -0.4 is 4.90 Å². The molecule has 0 aliphatic heterocycles. The van der Waals surface area contributed by atoms with Gasteiger partial charge in [0.15, 0.2) is 0 Å². The fraction of sp³-hybridized carbons (Fsp3) is 0.263. The predicted octanol–water partition coefficient (Wildman–Crippen LogP) is 4.09. The second-order valence-corrected chi connectivity index (χ2v) is 6.55. The van der Waals surface area contributed by atoms with Gasteiger partial charge >= 0.3 is 5.97 Å². The van der Waals surface area contributed by atoms with Gasteiger partial charge in [-0.1, -0.05) is 12.1 Å². The number of hydrogen-bond acceptors (Lipinski definition) is 3. The van der Waals surface area contributed by atoms with E-state index < -0.39 is 47.0 Å². The zero-order valence-electron chi connectivity index (χ0n) is 14.6. The highest BCUT2D eigenvalue weighted by Gasteiger charge is 2.28. The molecular formula is C19H18F3NO3. The molecule has 2 rings (SSSR count). The third-order valence-corrected chi connectivity index (χ3v) is 3.25. The fourth-order valence-corrected chi connectivity index (χ4v) is 2.26. The maximum atomic E-state index is 14.0. The topological polar surface area (TPSA) is 46.6 Å². The standard InChI is InChI=1S/C19H18F3NO3/c1-19(2,3)26-16(24)11-23(13-7-4-6-12(20)10-13)18(25)17-14(21)8-5-9-15(17)22/h4-10H,11H2,1-3H3. The van der Waals surface area contributed by atoms with Gasteiger partial charge in [-0.25, -0.2) is 13.2 Å². The van der Waals surface area contributed by atoms with Crippen molar-refractivity contribution in [1.29, 1.82) is 0 Å². The first-order valence-corrected chi connectivity index (χ1v) is 7.82. The van der Waals surface area contributed by atoms with Crippen LogP contribution in [0.25, 0.3) is 0 Å². The number of hydrogen-bond donors (Lipinski definition) is 0. The number of rotatable bonds is 4. The van der Waals surface area contributed by atoms with E-state index in [4.69, 9.17) is 4.74 Å². The Hall–Kier alpha value is -2.83. The minimum Gasteiger partial charge on any atom is -0.459 e. The summed E-state index contributed by atoms with van der Waals surface area (Å²) in [7, 11) is 0. The molecule has 0 aliphatic carbocycles. The third kappa shape index (κ3) is 4.84. The third-order valence-electron chi connectivity index (χ3n) is 3.25. The Balaban J connectivity index is 2.43. The number of ether oxygens (including phenoxy) is 1. The van der Waals surface area contributed by atoms with Crippen molar-refractivity contribution in [2.45, 2.75) is 26.4 Å². The molecule has 26 heavy (non-hydrogen) atoms. The molecule has 1 amide bonds. The molecule has 0 bridgehead atoms. The summed E-state index contributed by atoms with van der Waals surface area (Å²) >= 11 is 0. The zero-order valence-corrected chi connectivity index (χ0v) is 14.6. The van der Waals surface area contributed by atoms with Gasteiger partial charge in [-0.05, 0) is 51.1 Å². The molecule has 0 atom stereocenters. The van der Waals surface area contributed by atoms with E-state index in [-0.39, 0.29) is 5.69 Å². The second kappa shape index (κ2) is 7.59. The van der Waals surface area contributed by atoms with Crippen LogP contribution in [0, 0.1) is 17.5 Å². The highest BCUT2D eigenvalue weighted by atomic mass is 19.1. The lowest BCUT2D eigenvalue weighted by Gasteiger charge is -2.25. The van der Waals surface area contributed by atoms with E-state index >= 15 is 0 Å². The Bertz CT molecular complexity index is 811. The average molecular weight is 365 g/mol. The summed E-state index contributed by atoms with van der Waals surface area (Å²) in [5.41, 5.74) is -1.68. The molecular weight excluding hydrogens is 347 g/mol.